The number of nitrogens with zero attached hydrogens (tertiary/aromatic N) is 2. The summed E-state index contributed by atoms with van der Waals surface area (Å²) >= 11 is 0. The molecule has 1 heterocycles. The molecule has 1 aliphatic carbocycles. The highest BCUT2D eigenvalue weighted by Crippen LogP contribution is 2.30. The smallest absolute Gasteiger partial charge is 0.407 e. The van der Waals surface area contributed by atoms with Crippen molar-refractivity contribution in [2.75, 3.05) is 0 Å². The summed E-state index contributed by atoms with van der Waals surface area (Å²) in [5.41, 5.74) is -0.515. The Bertz CT molecular complexity index is 493. The number of hydrogen-bond donors (Lipinski definition) is 2. The highest BCUT2D eigenvalue weighted by Gasteiger charge is 2.33. The van der Waals surface area contributed by atoms with Gasteiger partial charge in [-0.3, -0.25) is 0 Å². The number of nitrogens with one attached hydrogen (secondary N) is 1. The molecule has 2 rings (SSSR count). The summed E-state index contributed by atoms with van der Waals surface area (Å²) < 4.78 is 7.34. The highest BCUT2D eigenvalue weighted by atomic mass is 16.6. The monoisotopic (exact) mass is 295 g/mol. The third-order valence-electron chi connectivity index (χ3n) is 3.71. The minimum atomic E-state index is -0.515. The molecule has 118 valence electrons. The summed E-state index contributed by atoms with van der Waals surface area (Å²) in [5, 5.41) is 12.9. The predicted octanol–water partition coefficient (Wildman–Crippen LogP) is 2.17. The number of alkyl carbamates (subject to hydrolysis) is 1. The minimum Gasteiger partial charge on any atom is -0.444 e. The van der Waals surface area contributed by atoms with Crippen molar-refractivity contribution in [3.05, 3.63) is 18.2 Å². The molecule has 1 aliphatic rings. The van der Waals surface area contributed by atoms with Gasteiger partial charge in [-0.15, -0.1) is 0 Å². The van der Waals surface area contributed by atoms with Crippen LogP contribution in [-0.2, 0) is 4.74 Å². The van der Waals surface area contributed by atoms with Crippen molar-refractivity contribution in [3.8, 4) is 0 Å². The van der Waals surface area contributed by atoms with E-state index in [1.165, 1.54) is 0 Å². The number of imidazole rings is 1. The molecule has 0 aromatic carbocycles. The summed E-state index contributed by atoms with van der Waals surface area (Å²) in [6.07, 6.45) is 4.90. The molecular weight excluding hydrogens is 270 g/mol. The van der Waals surface area contributed by atoms with E-state index in [9.17, 15) is 9.90 Å². The van der Waals surface area contributed by atoms with Crippen LogP contribution in [0.1, 0.15) is 51.9 Å². The quantitative estimate of drug-likeness (QED) is 0.876. The van der Waals surface area contributed by atoms with Crippen molar-refractivity contribution in [2.24, 2.45) is 0 Å². The third-order valence-corrected chi connectivity index (χ3v) is 3.71. The molecule has 0 aliphatic heterocycles. The largest absolute Gasteiger partial charge is 0.444 e. The van der Waals surface area contributed by atoms with Crippen LogP contribution >= 0.6 is 0 Å². The lowest BCUT2D eigenvalue weighted by atomic mass is 9.88. The van der Waals surface area contributed by atoms with Gasteiger partial charge in [-0.25, -0.2) is 9.78 Å². The zero-order valence-electron chi connectivity index (χ0n) is 13.2. The van der Waals surface area contributed by atoms with E-state index < -0.39 is 11.7 Å². The Morgan fingerprint density at radius 1 is 1.48 bits per heavy atom. The zero-order valence-corrected chi connectivity index (χ0v) is 13.2. The zero-order chi connectivity index (χ0) is 15.6. The van der Waals surface area contributed by atoms with E-state index in [-0.39, 0.29) is 18.2 Å². The predicted molar refractivity (Wildman–Crippen MR) is 79.0 cm³/mol. The molecule has 1 fully saturated rings. The Balaban J connectivity index is 2.09. The van der Waals surface area contributed by atoms with Crippen LogP contribution in [0, 0.1) is 6.92 Å². The Morgan fingerprint density at radius 3 is 2.76 bits per heavy atom. The number of carbonyl (C=O) groups is 1. The Morgan fingerprint density at radius 2 is 2.19 bits per heavy atom. The second-order valence-corrected chi connectivity index (χ2v) is 6.67. The second-order valence-electron chi connectivity index (χ2n) is 6.67. The fourth-order valence-electron chi connectivity index (χ4n) is 2.80. The van der Waals surface area contributed by atoms with Gasteiger partial charge in [0.25, 0.3) is 0 Å². The lowest BCUT2D eigenvalue weighted by Gasteiger charge is -2.36. The van der Waals surface area contributed by atoms with Gasteiger partial charge in [-0.1, -0.05) is 0 Å². The highest BCUT2D eigenvalue weighted by molar-refractivity contribution is 5.68. The molecule has 1 aromatic rings. The van der Waals surface area contributed by atoms with Gasteiger partial charge in [0.2, 0.25) is 0 Å². The molecule has 6 nitrogen and oxygen atoms in total. The van der Waals surface area contributed by atoms with E-state index in [0.717, 1.165) is 12.2 Å². The maximum atomic E-state index is 12.0. The lowest BCUT2D eigenvalue weighted by Crippen LogP contribution is -2.47. The fourth-order valence-corrected chi connectivity index (χ4v) is 2.80. The van der Waals surface area contributed by atoms with Crippen LogP contribution in [0.4, 0.5) is 4.79 Å². The van der Waals surface area contributed by atoms with Gasteiger partial charge < -0.3 is 19.7 Å². The van der Waals surface area contributed by atoms with Crippen LogP contribution in [0.15, 0.2) is 12.4 Å². The number of rotatable bonds is 2. The summed E-state index contributed by atoms with van der Waals surface area (Å²) in [4.78, 5) is 16.2. The van der Waals surface area contributed by atoms with Gasteiger partial charge in [-0.2, -0.15) is 0 Å². The van der Waals surface area contributed by atoms with Gasteiger partial charge in [0.1, 0.15) is 11.4 Å². The van der Waals surface area contributed by atoms with Gasteiger partial charge >= 0.3 is 6.09 Å². The lowest BCUT2D eigenvalue weighted by molar-refractivity contribution is 0.0395. The molecule has 0 radical (unpaired) electrons. The normalized spacial score (nSPS) is 26.4. The van der Waals surface area contributed by atoms with E-state index in [1.807, 2.05) is 38.5 Å². The first-order chi connectivity index (χ1) is 9.76. The van der Waals surface area contributed by atoms with Crippen LogP contribution in [0.5, 0.6) is 0 Å². The maximum Gasteiger partial charge on any atom is 0.407 e. The van der Waals surface area contributed by atoms with Crippen LogP contribution in [0.3, 0.4) is 0 Å². The molecule has 3 unspecified atom stereocenters. The fraction of sp³-hybridized carbons (Fsp3) is 0.733. The van der Waals surface area contributed by atoms with Gasteiger partial charge in [-0.05, 0) is 47.0 Å². The molecule has 0 bridgehead atoms. The molecule has 3 atom stereocenters. The van der Waals surface area contributed by atoms with Crippen molar-refractivity contribution in [1.29, 1.82) is 0 Å². The van der Waals surface area contributed by atoms with Gasteiger partial charge in [0, 0.05) is 12.4 Å². The van der Waals surface area contributed by atoms with Crippen LogP contribution < -0.4 is 5.32 Å². The van der Waals surface area contributed by atoms with Crippen molar-refractivity contribution >= 4 is 6.09 Å². The molecule has 6 heteroatoms. The number of aliphatic hydroxyl groups is 1. The molecule has 0 saturated heterocycles. The molecule has 0 spiro atoms. The Hall–Kier alpha value is -1.56. The number of ether oxygens (including phenoxy) is 1. The maximum absolute atomic E-state index is 12.0. The van der Waals surface area contributed by atoms with E-state index in [4.69, 9.17) is 4.74 Å². The van der Waals surface area contributed by atoms with E-state index in [2.05, 4.69) is 10.3 Å². The average Bonchev–Trinajstić information content (AvgIpc) is 2.75. The summed E-state index contributed by atoms with van der Waals surface area (Å²) in [7, 11) is 0. The minimum absolute atomic E-state index is 0.00349. The van der Waals surface area contributed by atoms with Crippen LogP contribution in [0.25, 0.3) is 0 Å². The molecule has 1 saturated carbocycles. The van der Waals surface area contributed by atoms with Crippen molar-refractivity contribution < 1.29 is 14.6 Å². The first-order valence-corrected chi connectivity index (χ1v) is 7.43. The molecular formula is C15H25N3O3. The van der Waals surface area contributed by atoms with E-state index >= 15 is 0 Å². The van der Waals surface area contributed by atoms with Crippen LogP contribution in [-0.4, -0.2) is 38.5 Å². The van der Waals surface area contributed by atoms with Gasteiger partial charge in [0.15, 0.2) is 0 Å². The number of hydrogen-bond acceptors (Lipinski definition) is 4. The average molecular weight is 295 g/mol. The van der Waals surface area contributed by atoms with Crippen molar-refractivity contribution in [3.63, 3.8) is 0 Å². The number of carbonyl (C=O) groups excluding carboxylic acids is 1. The van der Waals surface area contributed by atoms with E-state index in [0.29, 0.717) is 12.8 Å². The van der Waals surface area contributed by atoms with Crippen LogP contribution in [0.2, 0.25) is 0 Å². The number of aliphatic hydroxyl groups excluding tert-OH is 1. The molecule has 1 amide bonds. The van der Waals surface area contributed by atoms with Crippen molar-refractivity contribution in [1.82, 2.24) is 14.9 Å². The molecule has 21 heavy (non-hydrogen) atoms. The summed E-state index contributed by atoms with van der Waals surface area (Å²) in [6.45, 7) is 7.45. The standard InChI is InChI=1S/C15H25N3O3/c1-10-16-7-8-18(10)13-9-11(19)5-6-12(13)17-14(20)21-15(2,3)4/h7-8,11-13,19H,5-6,9H2,1-4H3,(H,17,20). The first-order valence-electron chi connectivity index (χ1n) is 7.43. The second kappa shape index (κ2) is 6.05. The van der Waals surface area contributed by atoms with Gasteiger partial charge in [0.05, 0.1) is 18.2 Å². The van der Waals surface area contributed by atoms with E-state index in [1.54, 1.807) is 6.20 Å². The number of aryl methyl sites for hydroxylation is 1. The topological polar surface area (TPSA) is 76.4 Å². The Labute approximate surface area is 125 Å². The summed E-state index contributed by atoms with van der Waals surface area (Å²) in [5.74, 6) is 0.880. The number of aromatic nitrogens is 2. The molecule has 1 aromatic heterocycles. The SMILES string of the molecule is Cc1nccn1C1CC(O)CCC1NC(=O)OC(C)(C)C. The Kier molecular flexibility index (Phi) is 4.56. The van der Waals surface area contributed by atoms with Crippen molar-refractivity contribution in [2.45, 2.75) is 70.7 Å². The molecule has 2 N–H and O–H groups in total. The number of amides is 1. The summed E-state index contributed by atoms with van der Waals surface area (Å²) in [6, 6.07) is -0.0556. The third kappa shape index (κ3) is 4.20. The first kappa shape index (κ1) is 15.8.